The summed E-state index contributed by atoms with van der Waals surface area (Å²) in [5.74, 6) is -0.566. The third-order valence-corrected chi connectivity index (χ3v) is 5.23. The number of hydrogen-bond donors (Lipinski definition) is 2. The second-order valence-corrected chi connectivity index (χ2v) is 6.92. The van der Waals surface area contributed by atoms with Gasteiger partial charge in [0.05, 0.1) is 17.7 Å². The molecule has 1 saturated heterocycles. The predicted molar refractivity (Wildman–Crippen MR) is 79.0 cm³/mol. The molecule has 1 aromatic carbocycles. The van der Waals surface area contributed by atoms with Crippen molar-refractivity contribution in [2.75, 3.05) is 20.2 Å². The van der Waals surface area contributed by atoms with Crippen LogP contribution in [0.2, 0.25) is 5.02 Å². The summed E-state index contributed by atoms with van der Waals surface area (Å²) >= 11 is 5.97. The van der Waals surface area contributed by atoms with Crippen LogP contribution >= 0.6 is 11.6 Å². The first kappa shape index (κ1) is 16.2. The van der Waals surface area contributed by atoms with Crippen molar-refractivity contribution in [2.24, 2.45) is 0 Å². The molecule has 1 aliphatic heterocycles. The summed E-state index contributed by atoms with van der Waals surface area (Å²) in [7, 11) is -2.45. The summed E-state index contributed by atoms with van der Waals surface area (Å²) in [6, 6.07) is 4.11. The Morgan fingerprint density at radius 3 is 2.86 bits per heavy atom. The number of nitrogens with one attached hydrogen (secondary N) is 2. The second kappa shape index (κ2) is 6.74. The fraction of sp³-hybridized carbons (Fsp3) is 0.462. The number of rotatable bonds is 5. The van der Waals surface area contributed by atoms with Gasteiger partial charge in [0.1, 0.15) is 4.90 Å². The minimum absolute atomic E-state index is 0.00946. The van der Waals surface area contributed by atoms with Gasteiger partial charge in [-0.25, -0.2) is 17.9 Å². The molecule has 0 bridgehead atoms. The number of benzene rings is 1. The highest BCUT2D eigenvalue weighted by Gasteiger charge is 2.22. The van der Waals surface area contributed by atoms with E-state index in [4.69, 9.17) is 11.6 Å². The van der Waals surface area contributed by atoms with Crippen LogP contribution < -0.4 is 10.0 Å². The van der Waals surface area contributed by atoms with Gasteiger partial charge in [0.25, 0.3) is 0 Å². The van der Waals surface area contributed by atoms with Crippen molar-refractivity contribution in [3.05, 3.63) is 28.8 Å². The lowest BCUT2D eigenvalue weighted by molar-refractivity contribution is 0.0600. The van der Waals surface area contributed by atoms with Crippen LogP contribution in [0.4, 0.5) is 0 Å². The van der Waals surface area contributed by atoms with Gasteiger partial charge in [-0.2, -0.15) is 0 Å². The summed E-state index contributed by atoms with van der Waals surface area (Å²) in [6.07, 6.45) is 1.98. The molecule has 2 N–H and O–H groups in total. The quantitative estimate of drug-likeness (QED) is 0.790. The minimum atomic E-state index is -3.70. The Morgan fingerprint density at radius 1 is 1.52 bits per heavy atom. The number of ether oxygens (including phenoxy) is 1. The molecule has 0 amide bonds. The Labute approximate surface area is 128 Å². The van der Waals surface area contributed by atoms with E-state index in [-0.39, 0.29) is 21.5 Å². The average molecular weight is 333 g/mol. The average Bonchev–Trinajstić information content (AvgIpc) is 2.97. The van der Waals surface area contributed by atoms with E-state index in [0.717, 1.165) is 19.4 Å². The Kier molecular flexibility index (Phi) is 5.21. The minimum Gasteiger partial charge on any atom is -0.465 e. The summed E-state index contributed by atoms with van der Waals surface area (Å²) in [5, 5.41) is 3.20. The predicted octanol–water partition coefficient (Wildman–Crippen LogP) is 1.16. The van der Waals surface area contributed by atoms with Gasteiger partial charge in [0.15, 0.2) is 0 Å². The first-order valence-corrected chi connectivity index (χ1v) is 8.41. The fourth-order valence-corrected chi connectivity index (χ4v) is 3.81. The van der Waals surface area contributed by atoms with E-state index in [1.807, 2.05) is 0 Å². The molecule has 1 fully saturated rings. The Bertz CT molecular complexity index is 627. The number of sulfonamides is 1. The van der Waals surface area contributed by atoms with E-state index in [2.05, 4.69) is 14.8 Å². The van der Waals surface area contributed by atoms with Gasteiger partial charge in [-0.05, 0) is 37.6 Å². The first-order valence-electron chi connectivity index (χ1n) is 6.55. The van der Waals surface area contributed by atoms with Gasteiger partial charge >= 0.3 is 5.97 Å². The van der Waals surface area contributed by atoms with Crippen molar-refractivity contribution >= 4 is 27.6 Å². The van der Waals surface area contributed by atoms with Gasteiger partial charge in [-0.1, -0.05) is 11.6 Å². The van der Waals surface area contributed by atoms with E-state index in [0.29, 0.717) is 6.54 Å². The zero-order valence-corrected chi connectivity index (χ0v) is 13.1. The van der Waals surface area contributed by atoms with Gasteiger partial charge in [-0.3, -0.25) is 0 Å². The van der Waals surface area contributed by atoms with Crippen molar-refractivity contribution in [3.8, 4) is 0 Å². The van der Waals surface area contributed by atoms with E-state index in [1.54, 1.807) is 0 Å². The summed E-state index contributed by atoms with van der Waals surface area (Å²) < 4.78 is 31.5. The van der Waals surface area contributed by atoms with Crippen molar-refractivity contribution < 1.29 is 17.9 Å². The van der Waals surface area contributed by atoms with Gasteiger partial charge in [0, 0.05) is 12.6 Å². The topological polar surface area (TPSA) is 84.5 Å². The van der Waals surface area contributed by atoms with E-state index >= 15 is 0 Å². The Balaban J connectivity index is 2.13. The largest absolute Gasteiger partial charge is 0.465 e. The third-order valence-electron chi connectivity index (χ3n) is 3.32. The molecule has 0 radical (unpaired) electrons. The molecule has 1 heterocycles. The number of carbonyl (C=O) groups excluding carboxylic acids is 1. The van der Waals surface area contributed by atoms with E-state index < -0.39 is 16.0 Å². The van der Waals surface area contributed by atoms with Crippen LogP contribution in [0.1, 0.15) is 23.2 Å². The number of hydrogen-bond acceptors (Lipinski definition) is 5. The smallest absolute Gasteiger partial charge is 0.337 e. The monoisotopic (exact) mass is 332 g/mol. The molecule has 1 aliphatic rings. The summed E-state index contributed by atoms with van der Waals surface area (Å²) in [4.78, 5) is 11.3. The molecular weight excluding hydrogens is 316 g/mol. The molecule has 2 rings (SSSR count). The normalized spacial score (nSPS) is 18.7. The highest BCUT2D eigenvalue weighted by atomic mass is 35.5. The molecule has 0 aromatic heterocycles. The molecule has 1 aromatic rings. The molecule has 0 spiro atoms. The maximum absolute atomic E-state index is 12.2. The lowest BCUT2D eigenvalue weighted by Crippen LogP contribution is -2.37. The summed E-state index contributed by atoms with van der Waals surface area (Å²) in [6.45, 7) is 1.22. The fourth-order valence-electron chi connectivity index (χ4n) is 2.18. The third kappa shape index (κ3) is 3.94. The molecule has 21 heavy (non-hydrogen) atoms. The molecule has 6 nitrogen and oxygen atoms in total. The van der Waals surface area contributed by atoms with Gasteiger partial charge < -0.3 is 10.1 Å². The van der Waals surface area contributed by atoms with E-state index in [9.17, 15) is 13.2 Å². The number of halogens is 1. The number of esters is 1. The Morgan fingerprint density at radius 2 is 2.29 bits per heavy atom. The van der Waals surface area contributed by atoms with Crippen LogP contribution in [0.25, 0.3) is 0 Å². The van der Waals surface area contributed by atoms with Crippen LogP contribution in [0.5, 0.6) is 0 Å². The molecular formula is C13H17ClN2O4S. The molecule has 0 saturated carbocycles. The number of carbonyl (C=O) groups is 1. The zero-order valence-electron chi connectivity index (χ0n) is 11.6. The van der Waals surface area contributed by atoms with Crippen molar-refractivity contribution in [1.82, 2.24) is 10.0 Å². The van der Waals surface area contributed by atoms with Gasteiger partial charge in [-0.15, -0.1) is 0 Å². The molecule has 1 atom stereocenters. The number of methoxy groups -OCH3 is 1. The second-order valence-electron chi connectivity index (χ2n) is 4.78. The Hall–Kier alpha value is -1.15. The molecule has 8 heteroatoms. The lowest BCUT2D eigenvalue weighted by Gasteiger charge is -2.13. The van der Waals surface area contributed by atoms with Crippen LogP contribution in [0.3, 0.4) is 0 Å². The van der Waals surface area contributed by atoms with Crippen LogP contribution in [-0.4, -0.2) is 40.6 Å². The van der Waals surface area contributed by atoms with Crippen LogP contribution in [0.15, 0.2) is 23.1 Å². The van der Waals surface area contributed by atoms with Crippen LogP contribution in [-0.2, 0) is 14.8 Å². The highest BCUT2D eigenvalue weighted by Crippen LogP contribution is 2.23. The van der Waals surface area contributed by atoms with Crippen LogP contribution in [0, 0.1) is 0 Å². The molecule has 1 unspecified atom stereocenters. The molecule has 116 valence electrons. The standard InChI is InChI=1S/C13H17ClN2O4S/c1-20-13(17)9-4-5-12(11(14)7-9)21(18,19)16-8-10-3-2-6-15-10/h4-5,7,10,15-16H,2-3,6,8H2,1H3. The zero-order chi connectivity index (χ0) is 15.5. The van der Waals surface area contributed by atoms with Crippen molar-refractivity contribution in [3.63, 3.8) is 0 Å². The lowest BCUT2D eigenvalue weighted by atomic mass is 10.2. The summed E-state index contributed by atoms with van der Waals surface area (Å²) in [5.41, 5.74) is 0.207. The van der Waals surface area contributed by atoms with E-state index in [1.165, 1.54) is 25.3 Å². The first-order chi connectivity index (χ1) is 9.94. The SMILES string of the molecule is COC(=O)c1ccc(S(=O)(=O)NCC2CCCN2)c(Cl)c1. The van der Waals surface area contributed by atoms with Crippen molar-refractivity contribution in [2.45, 2.75) is 23.8 Å². The highest BCUT2D eigenvalue weighted by molar-refractivity contribution is 7.89. The maximum atomic E-state index is 12.2. The van der Waals surface area contributed by atoms with Gasteiger partial charge in [0.2, 0.25) is 10.0 Å². The maximum Gasteiger partial charge on any atom is 0.337 e. The van der Waals surface area contributed by atoms with Crippen molar-refractivity contribution in [1.29, 1.82) is 0 Å². The molecule has 0 aliphatic carbocycles.